The highest BCUT2D eigenvalue weighted by Crippen LogP contribution is 2.29. The Balaban J connectivity index is 2.97. The molecule has 0 saturated heterocycles. The lowest BCUT2D eigenvalue weighted by atomic mass is 9.92. The smallest absolute Gasteiger partial charge is 0.122 e. The van der Waals surface area contributed by atoms with E-state index in [9.17, 15) is 0 Å². The minimum absolute atomic E-state index is 0.570. The van der Waals surface area contributed by atoms with Gasteiger partial charge in [0.05, 0.1) is 6.61 Å². The largest absolute Gasteiger partial charge is 0.494 e. The SMILES string of the molecule is C/C=C\CC(C)c1cc(C)c(OCC)cc1C. The topological polar surface area (TPSA) is 9.23 Å². The summed E-state index contributed by atoms with van der Waals surface area (Å²) >= 11 is 0. The standard InChI is InChI=1S/C16H24O/c1-6-8-9-12(3)15-10-14(5)16(17-7-2)11-13(15)4/h6,8,10-12H,7,9H2,1-5H3/b8-6-. The van der Waals surface area contributed by atoms with Crippen LogP contribution in [0, 0.1) is 13.8 Å². The third-order valence-corrected chi connectivity index (χ3v) is 3.12. The summed E-state index contributed by atoms with van der Waals surface area (Å²) in [6, 6.07) is 4.44. The van der Waals surface area contributed by atoms with Crippen LogP contribution in [0.2, 0.25) is 0 Å². The van der Waals surface area contributed by atoms with E-state index in [-0.39, 0.29) is 0 Å². The van der Waals surface area contributed by atoms with Gasteiger partial charge < -0.3 is 4.74 Å². The molecule has 1 nitrogen and oxygen atoms in total. The maximum Gasteiger partial charge on any atom is 0.122 e. The minimum Gasteiger partial charge on any atom is -0.494 e. The lowest BCUT2D eigenvalue weighted by Crippen LogP contribution is -2.00. The van der Waals surface area contributed by atoms with Gasteiger partial charge in [-0.1, -0.05) is 25.1 Å². The normalized spacial score (nSPS) is 13.0. The van der Waals surface area contributed by atoms with Gasteiger partial charge in [-0.05, 0) is 62.8 Å². The summed E-state index contributed by atoms with van der Waals surface area (Å²) in [5, 5.41) is 0. The van der Waals surface area contributed by atoms with Gasteiger partial charge in [-0.25, -0.2) is 0 Å². The first-order valence-corrected chi connectivity index (χ1v) is 6.45. The van der Waals surface area contributed by atoms with Crippen molar-refractivity contribution in [1.29, 1.82) is 0 Å². The van der Waals surface area contributed by atoms with Crippen molar-refractivity contribution in [3.63, 3.8) is 0 Å². The number of hydrogen-bond acceptors (Lipinski definition) is 1. The Labute approximate surface area is 106 Å². The molecule has 0 fully saturated rings. The summed E-state index contributed by atoms with van der Waals surface area (Å²) in [5.41, 5.74) is 4.00. The molecule has 0 heterocycles. The Morgan fingerprint density at radius 2 is 1.94 bits per heavy atom. The Morgan fingerprint density at radius 1 is 1.24 bits per heavy atom. The summed E-state index contributed by atoms with van der Waals surface area (Å²) in [6.45, 7) is 11.4. The van der Waals surface area contributed by atoms with Crippen LogP contribution in [0.25, 0.3) is 0 Å². The number of benzene rings is 1. The molecule has 0 aliphatic heterocycles. The molecule has 0 aromatic heterocycles. The number of allylic oxidation sites excluding steroid dienone is 2. The van der Waals surface area contributed by atoms with Gasteiger partial charge in [0.25, 0.3) is 0 Å². The predicted molar refractivity (Wildman–Crippen MR) is 74.9 cm³/mol. The van der Waals surface area contributed by atoms with E-state index in [1.807, 2.05) is 6.92 Å². The van der Waals surface area contributed by atoms with E-state index < -0.39 is 0 Å². The molecule has 1 heteroatoms. The Hall–Kier alpha value is -1.24. The Kier molecular flexibility index (Phi) is 5.27. The van der Waals surface area contributed by atoms with Gasteiger partial charge >= 0.3 is 0 Å². The molecule has 0 bridgehead atoms. The molecule has 0 radical (unpaired) electrons. The molecule has 1 unspecified atom stereocenters. The fraction of sp³-hybridized carbons (Fsp3) is 0.500. The summed E-state index contributed by atoms with van der Waals surface area (Å²) in [6.07, 6.45) is 5.45. The van der Waals surface area contributed by atoms with Gasteiger partial charge in [-0.2, -0.15) is 0 Å². The lowest BCUT2D eigenvalue weighted by Gasteiger charge is -2.16. The number of hydrogen-bond donors (Lipinski definition) is 0. The van der Waals surface area contributed by atoms with E-state index in [1.165, 1.54) is 16.7 Å². The average Bonchev–Trinajstić information content (AvgIpc) is 2.30. The zero-order chi connectivity index (χ0) is 12.8. The summed E-state index contributed by atoms with van der Waals surface area (Å²) < 4.78 is 5.62. The first-order valence-electron chi connectivity index (χ1n) is 6.45. The van der Waals surface area contributed by atoms with E-state index in [0.29, 0.717) is 5.92 Å². The molecule has 1 aromatic carbocycles. The van der Waals surface area contributed by atoms with Gasteiger partial charge in [0, 0.05) is 0 Å². The Morgan fingerprint density at radius 3 is 2.53 bits per heavy atom. The minimum atomic E-state index is 0.570. The molecule has 0 aliphatic rings. The quantitative estimate of drug-likeness (QED) is 0.664. The number of ether oxygens (including phenoxy) is 1. The first-order chi connectivity index (χ1) is 8.10. The van der Waals surface area contributed by atoms with Gasteiger partial charge in [0.1, 0.15) is 5.75 Å². The van der Waals surface area contributed by atoms with Crippen molar-refractivity contribution < 1.29 is 4.74 Å². The Bertz CT molecular complexity index is 391. The highest BCUT2D eigenvalue weighted by Gasteiger charge is 2.10. The van der Waals surface area contributed by atoms with Gasteiger partial charge in [-0.15, -0.1) is 0 Å². The summed E-state index contributed by atoms with van der Waals surface area (Å²) in [5.74, 6) is 1.59. The van der Waals surface area contributed by atoms with Gasteiger partial charge in [-0.3, -0.25) is 0 Å². The lowest BCUT2D eigenvalue weighted by molar-refractivity contribution is 0.337. The molecule has 1 rings (SSSR count). The van der Waals surface area contributed by atoms with Crippen LogP contribution in [-0.4, -0.2) is 6.61 Å². The fourth-order valence-corrected chi connectivity index (χ4v) is 2.12. The summed E-state index contributed by atoms with van der Waals surface area (Å²) in [4.78, 5) is 0. The molecule has 0 aliphatic carbocycles. The van der Waals surface area contributed by atoms with Crippen LogP contribution >= 0.6 is 0 Å². The maximum absolute atomic E-state index is 5.62. The first kappa shape index (κ1) is 13.8. The summed E-state index contributed by atoms with van der Waals surface area (Å²) in [7, 11) is 0. The third-order valence-electron chi connectivity index (χ3n) is 3.12. The number of rotatable bonds is 5. The van der Waals surface area contributed by atoms with Crippen molar-refractivity contribution in [1.82, 2.24) is 0 Å². The maximum atomic E-state index is 5.62. The van der Waals surface area contributed by atoms with E-state index in [1.54, 1.807) is 0 Å². The molecular formula is C16H24O. The van der Waals surface area contributed by atoms with Crippen LogP contribution < -0.4 is 4.74 Å². The molecule has 0 amide bonds. The van der Waals surface area contributed by atoms with Crippen LogP contribution in [0.15, 0.2) is 24.3 Å². The molecule has 0 spiro atoms. The molecule has 94 valence electrons. The van der Waals surface area contributed by atoms with E-state index in [2.05, 4.69) is 52.0 Å². The van der Waals surface area contributed by atoms with Crippen LogP contribution in [0.5, 0.6) is 5.75 Å². The van der Waals surface area contributed by atoms with Crippen LogP contribution in [0.1, 0.15) is 49.8 Å². The van der Waals surface area contributed by atoms with Gasteiger partial charge in [0.2, 0.25) is 0 Å². The van der Waals surface area contributed by atoms with E-state index in [4.69, 9.17) is 4.74 Å². The average molecular weight is 232 g/mol. The van der Waals surface area contributed by atoms with Crippen LogP contribution in [0.3, 0.4) is 0 Å². The van der Waals surface area contributed by atoms with Crippen molar-refractivity contribution in [2.75, 3.05) is 6.61 Å². The number of aryl methyl sites for hydroxylation is 2. The molecule has 1 atom stereocenters. The van der Waals surface area contributed by atoms with Crippen molar-refractivity contribution in [2.24, 2.45) is 0 Å². The monoisotopic (exact) mass is 232 g/mol. The molecule has 0 N–H and O–H groups in total. The van der Waals surface area contributed by atoms with Crippen molar-refractivity contribution >= 4 is 0 Å². The van der Waals surface area contributed by atoms with Gasteiger partial charge in [0.15, 0.2) is 0 Å². The second kappa shape index (κ2) is 6.48. The zero-order valence-electron chi connectivity index (χ0n) is 11.7. The van der Waals surface area contributed by atoms with Crippen LogP contribution in [0.4, 0.5) is 0 Å². The van der Waals surface area contributed by atoms with Crippen molar-refractivity contribution in [2.45, 2.75) is 47.0 Å². The molecule has 17 heavy (non-hydrogen) atoms. The predicted octanol–water partition coefficient (Wildman–Crippen LogP) is 4.77. The molecular weight excluding hydrogens is 208 g/mol. The molecule has 0 saturated carbocycles. The molecule has 1 aromatic rings. The zero-order valence-corrected chi connectivity index (χ0v) is 11.7. The van der Waals surface area contributed by atoms with Crippen molar-refractivity contribution in [3.05, 3.63) is 41.0 Å². The third kappa shape index (κ3) is 3.62. The van der Waals surface area contributed by atoms with E-state index >= 15 is 0 Å². The van der Waals surface area contributed by atoms with Crippen LogP contribution in [-0.2, 0) is 0 Å². The highest BCUT2D eigenvalue weighted by molar-refractivity contribution is 5.43. The van der Waals surface area contributed by atoms with E-state index in [0.717, 1.165) is 18.8 Å². The second-order valence-electron chi connectivity index (χ2n) is 4.61. The second-order valence-corrected chi connectivity index (χ2v) is 4.61. The fourth-order valence-electron chi connectivity index (χ4n) is 2.12. The highest BCUT2D eigenvalue weighted by atomic mass is 16.5. The van der Waals surface area contributed by atoms with Crippen molar-refractivity contribution in [3.8, 4) is 5.75 Å².